The van der Waals surface area contributed by atoms with Crippen molar-refractivity contribution in [2.24, 2.45) is 0 Å². The molecule has 1 aromatic carbocycles. The van der Waals surface area contributed by atoms with Crippen molar-refractivity contribution in [3.8, 4) is 0 Å². The molecule has 21 heavy (non-hydrogen) atoms. The molecule has 0 bridgehead atoms. The van der Waals surface area contributed by atoms with Crippen LogP contribution in [0.4, 0.5) is 5.69 Å². The number of amides is 1. The molecule has 1 heterocycles. The average molecular weight is 313 g/mol. The van der Waals surface area contributed by atoms with Crippen LogP contribution in [0.3, 0.4) is 0 Å². The van der Waals surface area contributed by atoms with Crippen LogP contribution in [-0.2, 0) is 4.79 Å². The van der Waals surface area contributed by atoms with Gasteiger partial charge in [-0.2, -0.15) is 0 Å². The van der Waals surface area contributed by atoms with E-state index in [-0.39, 0.29) is 17.1 Å². The van der Waals surface area contributed by atoms with Crippen LogP contribution < -0.4 is 0 Å². The standard InChI is InChI=1S/C13H13ClN2O5/c14-9-5-3-4-8(11(9)16(20)21)12(17)15-7-2-1-6-10(15)13(18)19/h3-5,10H,1-2,6-7H2,(H,18,19)/t10-/m0/s1. The zero-order valence-electron chi connectivity index (χ0n) is 11.0. The van der Waals surface area contributed by atoms with Crippen molar-refractivity contribution >= 4 is 29.2 Å². The molecule has 8 heteroatoms. The van der Waals surface area contributed by atoms with E-state index in [0.29, 0.717) is 19.3 Å². The van der Waals surface area contributed by atoms with Crippen LogP contribution in [-0.4, -0.2) is 39.4 Å². The van der Waals surface area contributed by atoms with Crippen molar-refractivity contribution in [1.29, 1.82) is 0 Å². The summed E-state index contributed by atoms with van der Waals surface area (Å²) < 4.78 is 0. The van der Waals surface area contributed by atoms with Crippen LogP contribution in [0.2, 0.25) is 5.02 Å². The van der Waals surface area contributed by atoms with Gasteiger partial charge in [-0.3, -0.25) is 14.9 Å². The van der Waals surface area contributed by atoms with E-state index in [0.717, 1.165) is 0 Å². The van der Waals surface area contributed by atoms with Crippen LogP contribution in [0.15, 0.2) is 18.2 Å². The van der Waals surface area contributed by atoms with Crippen molar-refractivity contribution in [2.45, 2.75) is 25.3 Å². The molecule has 1 aromatic rings. The molecule has 1 aliphatic rings. The van der Waals surface area contributed by atoms with Crippen LogP contribution in [0, 0.1) is 10.1 Å². The number of aliphatic carboxylic acids is 1. The number of hydrogen-bond acceptors (Lipinski definition) is 4. The van der Waals surface area contributed by atoms with Crippen LogP contribution in [0.5, 0.6) is 0 Å². The second-order valence-electron chi connectivity index (χ2n) is 4.74. The number of rotatable bonds is 3. The lowest BCUT2D eigenvalue weighted by atomic mass is 10.0. The van der Waals surface area contributed by atoms with Gasteiger partial charge >= 0.3 is 11.7 Å². The molecule has 1 atom stereocenters. The van der Waals surface area contributed by atoms with Crippen molar-refractivity contribution < 1.29 is 19.6 Å². The second kappa shape index (κ2) is 6.09. The monoisotopic (exact) mass is 312 g/mol. The minimum absolute atomic E-state index is 0.144. The summed E-state index contributed by atoms with van der Waals surface area (Å²) in [5, 5.41) is 20.1. The van der Waals surface area contributed by atoms with Gasteiger partial charge in [0.15, 0.2) is 0 Å². The number of halogens is 1. The number of nitro benzene ring substituents is 1. The highest BCUT2D eigenvalue weighted by molar-refractivity contribution is 6.33. The molecule has 1 aliphatic heterocycles. The number of carbonyl (C=O) groups excluding carboxylic acids is 1. The van der Waals surface area contributed by atoms with Crippen molar-refractivity contribution in [3.05, 3.63) is 38.9 Å². The number of carboxylic acids is 1. The number of nitrogens with zero attached hydrogens (tertiary/aromatic N) is 2. The molecule has 112 valence electrons. The Morgan fingerprint density at radius 2 is 2.10 bits per heavy atom. The lowest BCUT2D eigenvalue weighted by Gasteiger charge is -2.32. The maximum absolute atomic E-state index is 12.5. The highest BCUT2D eigenvalue weighted by atomic mass is 35.5. The number of likely N-dealkylation sites (tertiary alicyclic amines) is 1. The molecular weight excluding hydrogens is 300 g/mol. The van der Waals surface area contributed by atoms with Gasteiger partial charge in [0.1, 0.15) is 16.6 Å². The molecule has 1 N–H and O–H groups in total. The SMILES string of the molecule is O=C(O)[C@@H]1CCCCN1C(=O)c1cccc(Cl)c1[N+](=O)[O-]. The zero-order valence-corrected chi connectivity index (χ0v) is 11.7. The smallest absolute Gasteiger partial charge is 0.326 e. The third kappa shape index (κ3) is 2.97. The highest BCUT2D eigenvalue weighted by Gasteiger charge is 2.35. The van der Waals surface area contributed by atoms with Crippen molar-refractivity contribution in [2.75, 3.05) is 6.54 Å². The van der Waals surface area contributed by atoms with E-state index >= 15 is 0 Å². The van der Waals surface area contributed by atoms with Gasteiger partial charge in [-0.05, 0) is 31.4 Å². The first kappa shape index (κ1) is 15.2. The topological polar surface area (TPSA) is 101 Å². The number of benzene rings is 1. The van der Waals surface area contributed by atoms with E-state index in [9.17, 15) is 24.8 Å². The van der Waals surface area contributed by atoms with E-state index in [1.165, 1.54) is 23.1 Å². The van der Waals surface area contributed by atoms with Crippen molar-refractivity contribution in [1.82, 2.24) is 4.90 Å². The summed E-state index contributed by atoms with van der Waals surface area (Å²) in [7, 11) is 0. The summed E-state index contributed by atoms with van der Waals surface area (Å²) >= 11 is 5.78. The van der Waals surface area contributed by atoms with Crippen LogP contribution in [0.25, 0.3) is 0 Å². The van der Waals surface area contributed by atoms with Gasteiger partial charge in [0.25, 0.3) is 5.91 Å². The van der Waals surface area contributed by atoms with E-state index in [1.54, 1.807) is 0 Å². The Bertz CT molecular complexity index is 604. The fraction of sp³-hybridized carbons (Fsp3) is 0.385. The van der Waals surface area contributed by atoms with Gasteiger partial charge in [0, 0.05) is 6.54 Å². The molecule has 0 saturated carbocycles. The summed E-state index contributed by atoms with van der Waals surface area (Å²) in [6.07, 6.45) is 1.72. The number of nitro groups is 1. The van der Waals surface area contributed by atoms with Gasteiger partial charge < -0.3 is 10.0 Å². The average Bonchev–Trinajstić information content (AvgIpc) is 2.45. The first-order chi connectivity index (χ1) is 9.93. The molecule has 0 unspecified atom stereocenters. The fourth-order valence-corrected chi connectivity index (χ4v) is 2.70. The second-order valence-corrected chi connectivity index (χ2v) is 5.15. The summed E-state index contributed by atoms with van der Waals surface area (Å²) in [4.78, 5) is 35.2. The first-order valence-corrected chi connectivity index (χ1v) is 6.78. The summed E-state index contributed by atoms with van der Waals surface area (Å²) in [5.74, 6) is -1.77. The lowest BCUT2D eigenvalue weighted by molar-refractivity contribution is -0.385. The molecule has 1 saturated heterocycles. The number of carbonyl (C=O) groups is 2. The molecule has 7 nitrogen and oxygen atoms in total. The van der Waals surface area contributed by atoms with Crippen LogP contribution in [0.1, 0.15) is 29.6 Å². The normalized spacial score (nSPS) is 18.3. The molecule has 0 spiro atoms. The molecule has 0 aliphatic carbocycles. The Balaban J connectivity index is 2.42. The minimum Gasteiger partial charge on any atom is -0.480 e. The number of hydrogen-bond donors (Lipinski definition) is 1. The molecular formula is C13H13ClN2O5. The van der Waals surface area contributed by atoms with Gasteiger partial charge in [0.05, 0.1) is 4.92 Å². The van der Waals surface area contributed by atoms with Gasteiger partial charge in [0.2, 0.25) is 0 Å². The Hall–Kier alpha value is -2.15. The zero-order chi connectivity index (χ0) is 15.6. The van der Waals surface area contributed by atoms with Gasteiger partial charge in [-0.25, -0.2) is 4.79 Å². The third-order valence-corrected chi connectivity index (χ3v) is 3.75. The predicted octanol–water partition coefficient (Wildman–Crippen LogP) is 2.33. The van der Waals surface area contributed by atoms with Crippen LogP contribution >= 0.6 is 11.6 Å². The number of piperidine rings is 1. The molecule has 1 amide bonds. The summed E-state index contributed by atoms with van der Waals surface area (Å²) in [6.45, 7) is 0.263. The van der Waals surface area contributed by atoms with Gasteiger partial charge in [-0.15, -0.1) is 0 Å². The largest absolute Gasteiger partial charge is 0.480 e. The minimum atomic E-state index is -1.10. The quantitative estimate of drug-likeness (QED) is 0.682. The molecule has 2 rings (SSSR count). The molecule has 0 radical (unpaired) electrons. The van der Waals surface area contributed by atoms with E-state index in [1.807, 2.05) is 0 Å². The Morgan fingerprint density at radius 3 is 2.71 bits per heavy atom. The number of carboxylic acid groups (broad SMARTS) is 1. The van der Waals surface area contributed by atoms with Crippen molar-refractivity contribution in [3.63, 3.8) is 0 Å². The number of para-hydroxylation sites is 1. The van der Waals surface area contributed by atoms with Gasteiger partial charge in [-0.1, -0.05) is 17.7 Å². The third-order valence-electron chi connectivity index (χ3n) is 3.45. The highest BCUT2D eigenvalue weighted by Crippen LogP contribution is 2.30. The maximum Gasteiger partial charge on any atom is 0.326 e. The molecule has 0 aromatic heterocycles. The Kier molecular flexibility index (Phi) is 4.42. The maximum atomic E-state index is 12.5. The van der Waals surface area contributed by atoms with E-state index < -0.39 is 28.5 Å². The predicted molar refractivity (Wildman–Crippen MR) is 74.4 cm³/mol. The lowest BCUT2D eigenvalue weighted by Crippen LogP contribution is -2.48. The fourth-order valence-electron chi connectivity index (χ4n) is 2.46. The Morgan fingerprint density at radius 1 is 1.38 bits per heavy atom. The van der Waals surface area contributed by atoms with E-state index in [2.05, 4.69) is 0 Å². The summed E-state index contributed by atoms with van der Waals surface area (Å²) in [6, 6.07) is 3.09. The summed E-state index contributed by atoms with van der Waals surface area (Å²) in [5.41, 5.74) is -0.667. The first-order valence-electron chi connectivity index (χ1n) is 6.40. The van der Waals surface area contributed by atoms with E-state index in [4.69, 9.17) is 11.6 Å². The Labute approximate surface area is 125 Å². The molecule has 1 fully saturated rings.